The van der Waals surface area contributed by atoms with Gasteiger partial charge < -0.3 is 24.5 Å². The zero-order chi connectivity index (χ0) is 31.0. The van der Waals surface area contributed by atoms with Crippen LogP contribution in [0, 0.1) is 0 Å². The van der Waals surface area contributed by atoms with Crippen LogP contribution in [-0.2, 0) is 21.7 Å². The number of H-pyrrole nitrogens is 2. The molecule has 12 heteroatoms. The van der Waals surface area contributed by atoms with Gasteiger partial charge in [0, 0.05) is 23.1 Å². The maximum Gasteiger partial charge on any atom is 0.341 e. The molecule has 11 nitrogen and oxygen atoms in total. The van der Waals surface area contributed by atoms with E-state index in [1.165, 1.54) is 0 Å². The highest BCUT2D eigenvalue weighted by Gasteiger charge is 2.48. The fourth-order valence-electron chi connectivity index (χ4n) is 5.34. The Kier molecular flexibility index (Phi) is 7.12. The normalized spacial score (nSPS) is 16.2. The number of cyclic esters (lactones) is 1. The Hall–Kier alpha value is -5.72. The quantitative estimate of drug-likeness (QED) is 0.166. The molecular weight excluding hydrogens is 592 g/mol. The number of esters is 1. The lowest BCUT2D eigenvalue weighted by molar-refractivity contribution is -0.185. The molecule has 3 N–H and O–H groups in total. The van der Waals surface area contributed by atoms with E-state index in [0.29, 0.717) is 44.6 Å². The molecule has 7 aromatic rings. The zero-order valence-electron chi connectivity index (χ0n) is 23.7. The topological polar surface area (TPSA) is 156 Å². The molecule has 1 atom stereocenters. The van der Waals surface area contributed by atoms with E-state index in [1.807, 2.05) is 24.3 Å². The fourth-order valence-corrected chi connectivity index (χ4v) is 5.85. The molecular formula is C33H24N6O5S. The smallest absolute Gasteiger partial charge is 0.341 e. The van der Waals surface area contributed by atoms with Crippen LogP contribution < -0.4 is 4.74 Å². The molecule has 1 unspecified atom stereocenters. The summed E-state index contributed by atoms with van der Waals surface area (Å²) in [5, 5.41) is 11.9. The van der Waals surface area contributed by atoms with Crippen molar-refractivity contribution in [3.8, 4) is 5.75 Å². The molecule has 4 heterocycles. The van der Waals surface area contributed by atoms with Gasteiger partial charge in [-0.3, -0.25) is 4.79 Å². The molecule has 0 radical (unpaired) electrons. The number of aldehydes is 1. The lowest BCUT2D eigenvalue weighted by Gasteiger charge is -2.25. The maximum absolute atomic E-state index is 13.2. The number of imidazole rings is 2. The second-order valence-corrected chi connectivity index (χ2v) is 10.8. The summed E-state index contributed by atoms with van der Waals surface area (Å²) in [4.78, 5) is 37.9. The van der Waals surface area contributed by atoms with Crippen LogP contribution in [-0.4, -0.2) is 53.2 Å². The monoisotopic (exact) mass is 616 g/mol. The number of fused-ring (bicyclic) bond motifs is 3. The molecule has 0 saturated heterocycles. The molecule has 0 fully saturated rings. The standard InChI is InChI=1S/C25H18N4O4S.C8H6N2O/c1-32-17-6-3-15(4-7-17)23-18(10-14-2-8-19-21(11-14)27-13-26-19)25(31,33-24(23)30)16-5-9-20-22(12-16)29-34-28-20;11-4-6-1-2-7-8(3-6)10-5-9-7/h2-9,11-13,31H,10H2,1H3,(H,26,27);1-5H,(H,9,10). The summed E-state index contributed by atoms with van der Waals surface area (Å²) in [6.07, 6.45) is 4.33. The Morgan fingerprint density at radius 1 is 0.867 bits per heavy atom. The largest absolute Gasteiger partial charge is 0.497 e. The summed E-state index contributed by atoms with van der Waals surface area (Å²) >= 11 is 1.09. The number of methoxy groups -OCH3 is 1. The van der Waals surface area contributed by atoms with Gasteiger partial charge in [-0.05, 0) is 71.8 Å². The lowest BCUT2D eigenvalue weighted by atomic mass is 9.88. The molecule has 4 aromatic carbocycles. The van der Waals surface area contributed by atoms with Gasteiger partial charge in [0.25, 0.3) is 5.79 Å². The average molecular weight is 617 g/mol. The van der Waals surface area contributed by atoms with Crippen LogP contribution in [0.2, 0.25) is 0 Å². The molecule has 1 aliphatic rings. The molecule has 0 aliphatic carbocycles. The third kappa shape index (κ3) is 5.22. The van der Waals surface area contributed by atoms with Gasteiger partial charge in [0.15, 0.2) is 0 Å². The van der Waals surface area contributed by atoms with Crippen LogP contribution in [0.5, 0.6) is 5.75 Å². The highest BCUT2D eigenvalue weighted by molar-refractivity contribution is 7.00. The Balaban J connectivity index is 0.000000249. The van der Waals surface area contributed by atoms with E-state index in [4.69, 9.17) is 9.47 Å². The van der Waals surface area contributed by atoms with Crippen molar-refractivity contribution in [2.24, 2.45) is 0 Å². The first-order chi connectivity index (χ1) is 21.9. The number of benzene rings is 4. The minimum absolute atomic E-state index is 0.278. The van der Waals surface area contributed by atoms with Crippen molar-refractivity contribution in [1.82, 2.24) is 28.7 Å². The third-order valence-corrected chi connectivity index (χ3v) is 8.18. The van der Waals surface area contributed by atoms with Crippen molar-refractivity contribution >= 4 is 62.7 Å². The summed E-state index contributed by atoms with van der Waals surface area (Å²) in [6.45, 7) is 0. The number of aliphatic hydroxyl groups is 1. The first-order valence-electron chi connectivity index (χ1n) is 13.8. The molecule has 1 aliphatic heterocycles. The first-order valence-corrected chi connectivity index (χ1v) is 14.5. The molecule has 0 saturated carbocycles. The lowest BCUT2D eigenvalue weighted by Crippen LogP contribution is -2.29. The Morgan fingerprint density at radius 3 is 2.31 bits per heavy atom. The number of carbonyl (C=O) groups is 2. The number of hydrogen-bond donors (Lipinski definition) is 3. The van der Waals surface area contributed by atoms with Gasteiger partial charge in [-0.2, -0.15) is 8.75 Å². The van der Waals surface area contributed by atoms with Crippen LogP contribution in [0.1, 0.15) is 27.0 Å². The number of nitrogens with one attached hydrogen (secondary N) is 2. The van der Waals surface area contributed by atoms with Crippen LogP contribution in [0.15, 0.2) is 97.1 Å². The van der Waals surface area contributed by atoms with Crippen molar-refractivity contribution < 1.29 is 24.2 Å². The molecule has 0 amide bonds. The number of hydrogen-bond acceptors (Lipinski definition) is 10. The third-order valence-electron chi connectivity index (χ3n) is 7.63. The van der Waals surface area contributed by atoms with Gasteiger partial charge in [0.05, 0.1) is 59.1 Å². The van der Waals surface area contributed by atoms with Crippen molar-refractivity contribution in [2.45, 2.75) is 12.2 Å². The highest BCUT2D eigenvalue weighted by atomic mass is 32.1. The van der Waals surface area contributed by atoms with Gasteiger partial charge in [-0.1, -0.05) is 18.2 Å². The van der Waals surface area contributed by atoms with Crippen molar-refractivity contribution in [3.05, 3.63) is 119 Å². The maximum atomic E-state index is 13.2. The van der Waals surface area contributed by atoms with Gasteiger partial charge in [0.2, 0.25) is 0 Å². The van der Waals surface area contributed by atoms with Crippen LogP contribution >= 0.6 is 11.7 Å². The summed E-state index contributed by atoms with van der Waals surface area (Å²) < 4.78 is 19.4. The van der Waals surface area contributed by atoms with Gasteiger partial charge in [-0.25, -0.2) is 14.8 Å². The predicted molar refractivity (Wildman–Crippen MR) is 169 cm³/mol. The molecule has 0 spiro atoms. The van der Waals surface area contributed by atoms with E-state index in [-0.39, 0.29) is 6.42 Å². The second kappa shape index (κ2) is 11.4. The van der Waals surface area contributed by atoms with E-state index in [9.17, 15) is 14.7 Å². The second-order valence-electron chi connectivity index (χ2n) is 10.3. The number of carbonyl (C=O) groups excluding carboxylic acids is 2. The van der Waals surface area contributed by atoms with Crippen LogP contribution in [0.4, 0.5) is 0 Å². The van der Waals surface area contributed by atoms with Crippen molar-refractivity contribution in [1.29, 1.82) is 0 Å². The highest BCUT2D eigenvalue weighted by Crippen LogP contribution is 2.45. The number of aromatic amines is 2. The van der Waals surface area contributed by atoms with Crippen LogP contribution in [0.3, 0.4) is 0 Å². The Morgan fingerprint density at radius 2 is 1.58 bits per heavy atom. The SMILES string of the molecule is COc1ccc(C2=C(Cc3ccc4[nH]cnc4c3)C(O)(c3ccc4nsnc4c3)OC2=O)cc1.O=Cc1ccc2[nH]cnc2c1. The van der Waals surface area contributed by atoms with Crippen molar-refractivity contribution in [3.63, 3.8) is 0 Å². The van der Waals surface area contributed by atoms with E-state index in [1.54, 1.807) is 74.4 Å². The van der Waals surface area contributed by atoms with Gasteiger partial charge >= 0.3 is 5.97 Å². The summed E-state index contributed by atoms with van der Waals surface area (Å²) in [5.74, 6) is -1.89. The number of rotatable bonds is 6. The summed E-state index contributed by atoms with van der Waals surface area (Å²) in [7, 11) is 1.58. The minimum atomic E-state index is -1.95. The molecule has 8 rings (SSSR count). The first kappa shape index (κ1) is 28.1. The predicted octanol–water partition coefficient (Wildman–Crippen LogP) is 5.35. The summed E-state index contributed by atoms with van der Waals surface area (Å²) in [6, 6.07) is 23.4. The Bertz CT molecular complexity index is 2240. The molecule has 45 heavy (non-hydrogen) atoms. The number of nitrogens with zero attached hydrogens (tertiary/aromatic N) is 4. The minimum Gasteiger partial charge on any atom is -0.497 e. The number of ether oxygens (including phenoxy) is 2. The Labute approximate surface area is 259 Å². The fraction of sp³-hybridized carbons (Fsp3) is 0.0909. The van der Waals surface area contributed by atoms with Gasteiger partial charge in [0.1, 0.15) is 23.1 Å². The van der Waals surface area contributed by atoms with E-state index in [2.05, 4.69) is 28.7 Å². The van der Waals surface area contributed by atoms with Gasteiger partial charge in [-0.15, -0.1) is 0 Å². The molecule has 3 aromatic heterocycles. The zero-order valence-corrected chi connectivity index (χ0v) is 24.5. The van der Waals surface area contributed by atoms with E-state index >= 15 is 0 Å². The summed E-state index contributed by atoms with van der Waals surface area (Å²) in [5.41, 5.74) is 8.19. The van der Waals surface area contributed by atoms with E-state index in [0.717, 1.165) is 45.6 Å². The van der Waals surface area contributed by atoms with E-state index < -0.39 is 11.8 Å². The molecule has 0 bridgehead atoms. The average Bonchev–Trinajstić information content (AvgIpc) is 3.87. The molecule has 222 valence electrons. The van der Waals surface area contributed by atoms with Crippen molar-refractivity contribution in [2.75, 3.05) is 7.11 Å². The number of aromatic nitrogens is 6. The van der Waals surface area contributed by atoms with Crippen LogP contribution in [0.25, 0.3) is 38.7 Å².